The fourth-order valence-electron chi connectivity index (χ4n) is 4.51. The fourth-order valence-corrected chi connectivity index (χ4v) is 4.51. The molecule has 1 atom stereocenters. The van der Waals surface area contributed by atoms with Gasteiger partial charge < -0.3 is 10.2 Å². The van der Waals surface area contributed by atoms with Gasteiger partial charge in [-0.1, -0.05) is 25.7 Å². The Balaban J connectivity index is 1.40. The van der Waals surface area contributed by atoms with E-state index in [0.29, 0.717) is 23.7 Å². The van der Waals surface area contributed by atoms with Gasteiger partial charge in [0.2, 0.25) is 0 Å². The van der Waals surface area contributed by atoms with E-state index in [1.165, 1.54) is 64.5 Å². The Morgan fingerprint density at radius 1 is 0.857 bits per heavy atom. The van der Waals surface area contributed by atoms with Gasteiger partial charge in [-0.3, -0.25) is 4.79 Å². The molecule has 1 N–H and O–H groups in total. The molecule has 2 heterocycles. The van der Waals surface area contributed by atoms with Crippen LogP contribution in [0, 0.1) is 11.8 Å². The highest BCUT2D eigenvalue weighted by molar-refractivity contribution is 5.83. The first-order valence-electron chi connectivity index (χ1n) is 9.32. The summed E-state index contributed by atoms with van der Waals surface area (Å²) >= 11 is 0. The van der Waals surface area contributed by atoms with Crippen LogP contribution < -0.4 is 5.32 Å². The quantitative estimate of drug-likeness (QED) is 0.864. The Morgan fingerprint density at radius 3 is 2.19 bits per heavy atom. The van der Waals surface area contributed by atoms with Gasteiger partial charge in [0.15, 0.2) is 0 Å². The molecule has 3 heteroatoms. The number of likely N-dealkylation sites (tertiary alicyclic amines) is 1. The van der Waals surface area contributed by atoms with Crippen molar-refractivity contribution in [3.8, 4) is 0 Å². The number of ketones is 1. The van der Waals surface area contributed by atoms with Crippen molar-refractivity contribution in [2.45, 2.75) is 70.3 Å². The standard InChI is InChI=1S/C18H32N2O/c21-18(15-6-2-1-3-7-15)16-9-12-20(13-10-16)14-17-8-4-5-11-19-17/h15-17,19H,1-14H2. The third-order valence-corrected chi connectivity index (χ3v) is 5.89. The lowest BCUT2D eigenvalue weighted by Gasteiger charge is -2.36. The van der Waals surface area contributed by atoms with Crippen LogP contribution in [0.3, 0.4) is 0 Å². The highest BCUT2D eigenvalue weighted by Crippen LogP contribution is 2.30. The van der Waals surface area contributed by atoms with Crippen LogP contribution >= 0.6 is 0 Å². The second-order valence-corrected chi connectivity index (χ2v) is 7.46. The summed E-state index contributed by atoms with van der Waals surface area (Å²) in [5.41, 5.74) is 0. The van der Waals surface area contributed by atoms with Gasteiger partial charge in [-0.2, -0.15) is 0 Å². The zero-order valence-electron chi connectivity index (χ0n) is 13.5. The molecule has 1 saturated carbocycles. The minimum atomic E-state index is 0.378. The molecule has 0 spiro atoms. The highest BCUT2D eigenvalue weighted by Gasteiger charge is 2.31. The first kappa shape index (κ1) is 15.5. The summed E-state index contributed by atoms with van der Waals surface area (Å²) in [5.74, 6) is 1.41. The molecule has 0 radical (unpaired) electrons. The van der Waals surface area contributed by atoms with Crippen molar-refractivity contribution in [3.05, 3.63) is 0 Å². The van der Waals surface area contributed by atoms with E-state index in [1.807, 2.05) is 0 Å². The van der Waals surface area contributed by atoms with Crippen LogP contribution in [0.15, 0.2) is 0 Å². The summed E-state index contributed by atoms with van der Waals surface area (Å²) in [7, 11) is 0. The molecule has 3 nitrogen and oxygen atoms in total. The number of carbonyl (C=O) groups excluding carboxylic acids is 1. The molecule has 0 aromatic heterocycles. The summed E-state index contributed by atoms with van der Waals surface area (Å²) in [6.45, 7) is 4.67. The van der Waals surface area contributed by atoms with E-state index in [2.05, 4.69) is 10.2 Å². The number of Topliss-reactive ketones (excluding diaryl/α,β-unsaturated/α-hetero) is 1. The molecule has 3 fully saturated rings. The summed E-state index contributed by atoms with van der Waals surface area (Å²) in [4.78, 5) is 15.2. The lowest BCUT2D eigenvalue weighted by molar-refractivity contribution is -0.129. The van der Waals surface area contributed by atoms with Crippen molar-refractivity contribution < 1.29 is 4.79 Å². The fraction of sp³-hybridized carbons (Fsp3) is 0.944. The minimum absolute atomic E-state index is 0.378. The second-order valence-electron chi connectivity index (χ2n) is 7.46. The van der Waals surface area contributed by atoms with Crippen molar-refractivity contribution >= 4 is 5.78 Å². The molecular weight excluding hydrogens is 260 g/mol. The molecule has 1 unspecified atom stereocenters. The van der Waals surface area contributed by atoms with Crippen LogP contribution in [-0.2, 0) is 4.79 Å². The van der Waals surface area contributed by atoms with E-state index in [-0.39, 0.29) is 0 Å². The van der Waals surface area contributed by atoms with Crippen LogP contribution in [0.25, 0.3) is 0 Å². The monoisotopic (exact) mass is 292 g/mol. The Morgan fingerprint density at radius 2 is 1.52 bits per heavy atom. The van der Waals surface area contributed by atoms with Gasteiger partial charge in [-0.05, 0) is 58.2 Å². The smallest absolute Gasteiger partial charge is 0.139 e. The summed E-state index contributed by atoms with van der Waals surface area (Å²) in [5, 5.41) is 3.64. The number of carbonyl (C=O) groups is 1. The average molecular weight is 292 g/mol. The lowest BCUT2D eigenvalue weighted by atomic mass is 9.78. The molecule has 0 bridgehead atoms. The SMILES string of the molecule is O=C(C1CCCCC1)C1CCN(CC2CCCCN2)CC1. The number of piperidine rings is 2. The summed E-state index contributed by atoms with van der Waals surface area (Å²) < 4.78 is 0. The Hall–Kier alpha value is -0.410. The summed E-state index contributed by atoms with van der Waals surface area (Å²) in [6.07, 6.45) is 12.5. The largest absolute Gasteiger partial charge is 0.313 e. The van der Waals surface area contributed by atoms with E-state index in [1.54, 1.807) is 0 Å². The zero-order chi connectivity index (χ0) is 14.5. The highest BCUT2D eigenvalue weighted by atomic mass is 16.1. The number of hydrogen-bond donors (Lipinski definition) is 1. The molecule has 0 aromatic carbocycles. The second kappa shape index (κ2) is 7.73. The molecule has 3 rings (SSSR count). The number of rotatable bonds is 4. The van der Waals surface area contributed by atoms with Crippen molar-refractivity contribution in [1.82, 2.24) is 10.2 Å². The third-order valence-electron chi connectivity index (χ3n) is 5.89. The van der Waals surface area contributed by atoms with Crippen molar-refractivity contribution in [2.24, 2.45) is 11.8 Å². The number of hydrogen-bond acceptors (Lipinski definition) is 3. The maximum Gasteiger partial charge on any atom is 0.139 e. The van der Waals surface area contributed by atoms with E-state index in [0.717, 1.165) is 25.9 Å². The van der Waals surface area contributed by atoms with Crippen LogP contribution in [0.2, 0.25) is 0 Å². The van der Waals surface area contributed by atoms with E-state index in [4.69, 9.17) is 0 Å². The van der Waals surface area contributed by atoms with Gasteiger partial charge in [0.05, 0.1) is 0 Å². The van der Waals surface area contributed by atoms with Crippen LogP contribution in [-0.4, -0.2) is 42.9 Å². The van der Waals surface area contributed by atoms with Gasteiger partial charge in [0, 0.05) is 24.4 Å². The van der Waals surface area contributed by atoms with Crippen molar-refractivity contribution in [2.75, 3.05) is 26.2 Å². The average Bonchev–Trinajstić information content (AvgIpc) is 2.57. The zero-order valence-corrected chi connectivity index (χ0v) is 13.5. The number of nitrogens with zero attached hydrogens (tertiary/aromatic N) is 1. The van der Waals surface area contributed by atoms with Gasteiger partial charge in [0.25, 0.3) is 0 Å². The van der Waals surface area contributed by atoms with Crippen LogP contribution in [0.4, 0.5) is 0 Å². The molecule has 0 amide bonds. The molecule has 0 aromatic rings. The molecule has 1 aliphatic carbocycles. The predicted molar refractivity (Wildman–Crippen MR) is 86.4 cm³/mol. The lowest BCUT2D eigenvalue weighted by Crippen LogP contribution is -2.47. The van der Waals surface area contributed by atoms with Crippen molar-refractivity contribution in [3.63, 3.8) is 0 Å². The molecule has 3 aliphatic rings. The Labute approximate surface area is 129 Å². The predicted octanol–water partition coefficient (Wildman–Crippen LogP) is 2.99. The third kappa shape index (κ3) is 4.29. The van der Waals surface area contributed by atoms with Crippen molar-refractivity contribution in [1.29, 1.82) is 0 Å². The number of nitrogens with one attached hydrogen (secondary N) is 1. The van der Waals surface area contributed by atoms with Crippen LogP contribution in [0.1, 0.15) is 64.2 Å². The molecule has 21 heavy (non-hydrogen) atoms. The molecular formula is C18H32N2O. The first-order valence-corrected chi connectivity index (χ1v) is 9.32. The van der Waals surface area contributed by atoms with Gasteiger partial charge in [-0.25, -0.2) is 0 Å². The van der Waals surface area contributed by atoms with Crippen LogP contribution in [0.5, 0.6) is 0 Å². The molecule has 2 aliphatic heterocycles. The summed E-state index contributed by atoms with van der Waals surface area (Å²) in [6, 6.07) is 0.698. The van der Waals surface area contributed by atoms with Gasteiger partial charge >= 0.3 is 0 Å². The van der Waals surface area contributed by atoms with E-state index in [9.17, 15) is 4.79 Å². The maximum atomic E-state index is 12.6. The normalized spacial score (nSPS) is 30.4. The first-order chi connectivity index (χ1) is 10.3. The maximum absolute atomic E-state index is 12.6. The van der Waals surface area contributed by atoms with E-state index < -0.39 is 0 Å². The van der Waals surface area contributed by atoms with Gasteiger partial charge in [-0.15, -0.1) is 0 Å². The Bertz CT molecular complexity index is 324. The van der Waals surface area contributed by atoms with Gasteiger partial charge in [0.1, 0.15) is 5.78 Å². The molecule has 2 saturated heterocycles. The topological polar surface area (TPSA) is 32.3 Å². The minimum Gasteiger partial charge on any atom is -0.313 e. The Kier molecular flexibility index (Phi) is 5.70. The molecule has 120 valence electrons. The van der Waals surface area contributed by atoms with E-state index >= 15 is 0 Å².